The van der Waals surface area contributed by atoms with E-state index in [-0.39, 0.29) is 10.6 Å². The van der Waals surface area contributed by atoms with Gasteiger partial charge in [-0.25, -0.2) is 13.2 Å². The Bertz CT molecular complexity index is 458. The first-order chi connectivity index (χ1) is 6.04. The third kappa shape index (κ3) is 2.50. The molecular weight excluding hydrogens is 190 g/mol. The van der Waals surface area contributed by atoms with Gasteiger partial charge in [-0.15, -0.1) is 0 Å². The second-order valence-corrected chi connectivity index (χ2v) is 4.49. The van der Waals surface area contributed by atoms with Crippen molar-refractivity contribution in [3.63, 3.8) is 0 Å². The number of carbonyl (C=O) groups excluding carboxylic acids is 1. The zero-order chi connectivity index (χ0) is 9.90. The van der Waals surface area contributed by atoms with Crippen LogP contribution in [0.25, 0.3) is 0 Å². The fraction of sp³-hybridized carbons (Fsp3) is 0.125. The molecule has 0 aromatic heterocycles. The number of rotatable bonds is 2. The van der Waals surface area contributed by atoms with Crippen LogP contribution in [-0.4, -0.2) is 20.8 Å². The molecule has 68 valence electrons. The summed E-state index contributed by atoms with van der Waals surface area (Å²) >= 11 is 0. The van der Waals surface area contributed by atoms with E-state index >= 15 is 0 Å². The minimum Gasteiger partial charge on any atom is -0.224 e. The molecule has 0 fully saturated rings. The van der Waals surface area contributed by atoms with Crippen LogP contribution in [0.1, 0.15) is 0 Å². The lowest BCUT2D eigenvalue weighted by Gasteiger charge is -1.97. The molecule has 1 aromatic rings. The first kappa shape index (κ1) is 9.64. The summed E-state index contributed by atoms with van der Waals surface area (Å²) in [4.78, 5) is 13.3. The molecule has 0 saturated heterocycles. The van der Waals surface area contributed by atoms with Gasteiger partial charge in [0.1, 0.15) is 0 Å². The lowest BCUT2D eigenvalue weighted by Crippen LogP contribution is -1.95. The highest BCUT2D eigenvalue weighted by Crippen LogP contribution is 2.16. The number of isocyanates is 1. The Morgan fingerprint density at radius 3 is 2.62 bits per heavy atom. The van der Waals surface area contributed by atoms with Crippen LogP contribution < -0.4 is 0 Å². The molecule has 0 heterocycles. The molecule has 0 aliphatic heterocycles. The maximum absolute atomic E-state index is 11.0. The van der Waals surface area contributed by atoms with Gasteiger partial charge in [-0.2, -0.15) is 4.99 Å². The molecular formula is C8H7NO3S. The van der Waals surface area contributed by atoms with E-state index in [2.05, 4.69) is 4.99 Å². The highest BCUT2D eigenvalue weighted by molar-refractivity contribution is 7.90. The van der Waals surface area contributed by atoms with Crippen molar-refractivity contribution in [3.05, 3.63) is 24.3 Å². The van der Waals surface area contributed by atoms with Gasteiger partial charge in [0.05, 0.1) is 10.6 Å². The van der Waals surface area contributed by atoms with E-state index in [1.165, 1.54) is 30.3 Å². The molecule has 13 heavy (non-hydrogen) atoms. The molecule has 1 rings (SSSR count). The van der Waals surface area contributed by atoms with Crippen molar-refractivity contribution in [1.29, 1.82) is 0 Å². The predicted molar refractivity (Wildman–Crippen MR) is 47.3 cm³/mol. The van der Waals surface area contributed by atoms with Crippen LogP contribution in [-0.2, 0) is 14.6 Å². The van der Waals surface area contributed by atoms with Crippen molar-refractivity contribution in [2.75, 3.05) is 6.26 Å². The molecule has 1 aromatic carbocycles. The van der Waals surface area contributed by atoms with Crippen LogP contribution >= 0.6 is 0 Å². The Balaban J connectivity index is 3.28. The van der Waals surface area contributed by atoms with Gasteiger partial charge >= 0.3 is 0 Å². The fourth-order valence-corrected chi connectivity index (χ4v) is 1.50. The normalized spacial score (nSPS) is 10.5. The Hall–Kier alpha value is -1.45. The van der Waals surface area contributed by atoms with Crippen LogP contribution in [0.2, 0.25) is 0 Å². The fourth-order valence-electron chi connectivity index (χ4n) is 0.836. The Morgan fingerprint density at radius 2 is 2.08 bits per heavy atom. The Kier molecular flexibility index (Phi) is 2.60. The predicted octanol–water partition coefficient (Wildman–Crippen LogP) is 1.06. The molecule has 0 atom stereocenters. The molecule has 0 N–H and O–H groups in total. The quantitative estimate of drug-likeness (QED) is 0.526. The number of nitrogens with zero attached hydrogens (tertiary/aromatic N) is 1. The number of aliphatic imine (C=N–C) groups is 1. The minimum absolute atomic E-state index is 0.143. The van der Waals surface area contributed by atoms with Gasteiger partial charge < -0.3 is 0 Å². The monoisotopic (exact) mass is 197 g/mol. The summed E-state index contributed by atoms with van der Waals surface area (Å²) in [6.45, 7) is 0. The van der Waals surface area contributed by atoms with Crippen LogP contribution in [0.4, 0.5) is 5.69 Å². The third-order valence-electron chi connectivity index (χ3n) is 1.42. The van der Waals surface area contributed by atoms with Crippen LogP contribution in [0, 0.1) is 0 Å². The zero-order valence-electron chi connectivity index (χ0n) is 6.89. The van der Waals surface area contributed by atoms with E-state index in [1.54, 1.807) is 0 Å². The van der Waals surface area contributed by atoms with E-state index in [0.29, 0.717) is 0 Å². The van der Waals surface area contributed by atoms with Crippen molar-refractivity contribution in [1.82, 2.24) is 0 Å². The summed E-state index contributed by atoms with van der Waals surface area (Å²) in [5.41, 5.74) is 0.290. The Morgan fingerprint density at radius 1 is 1.38 bits per heavy atom. The molecule has 0 aliphatic rings. The second-order valence-electron chi connectivity index (χ2n) is 2.47. The number of sulfone groups is 1. The maximum Gasteiger partial charge on any atom is 0.240 e. The lowest BCUT2D eigenvalue weighted by molar-refractivity contribution is 0.565. The minimum atomic E-state index is -3.23. The molecule has 4 nitrogen and oxygen atoms in total. The zero-order valence-corrected chi connectivity index (χ0v) is 7.71. The number of benzene rings is 1. The first-order valence-electron chi connectivity index (χ1n) is 3.42. The summed E-state index contributed by atoms with van der Waals surface area (Å²) in [7, 11) is -3.23. The number of hydrogen-bond donors (Lipinski definition) is 0. The second kappa shape index (κ2) is 3.51. The van der Waals surface area contributed by atoms with Crippen LogP contribution in [0.5, 0.6) is 0 Å². The standard InChI is InChI=1S/C8H7NO3S/c1-13(11,12)8-4-2-3-7(5-8)9-6-10/h2-5H,1H3. The molecule has 0 saturated carbocycles. The molecule has 0 amide bonds. The van der Waals surface area contributed by atoms with E-state index in [1.807, 2.05) is 0 Å². The van der Waals surface area contributed by atoms with Gasteiger partial charge in [0.2, 0.25) is 6.08 Å². The van der Waals surface area contributed by atoms with Crippen molar-refractivity contribution in [3.8, 4) is 0 Å². The average Bonchev–Trinajstić information content (AvgIpc) is 2.04. The maximum atomic E-state index is 11.0. The molecule has 0 spiro atoms. The van der Waals surface area contributed by atoms with E-state index in [4.69, 9.17) is 0 Å². The van der Waals surface area contributed by atoms with Gasteiger partial charge in [-0.05, 0) is 18.2 Å². The molecule has 0 aliphatic carbocycles. The largest absolute Gasteiger partial charge is 0.240 e. The molecule has 0 radical (unpaired) electrons. The Labute approximate surface area is 75.8 Å². The van der Waals surface area contributed by atoms with E-state index in [0.717, 1.165) is 6.26 Å². The van der Waals surface area contributed by atoms with Gasteiger partial charge in [-0.1, -0.05) is 6.07 Å². The van der Waals surface area contributed by atoms with E-state index < -0.39 is 9.84 Å². The van der Waals surface area contributed by atoms with Gasteiger partial charge in [0.25, 0.3) is 0 Å². The smallest absolute Gasteiger partial charge is 0.224 e. The first-order valence-corrected chi connectivity index (χ1v) is 5.31. The summed E-state index contributed by atoms with van der Waals surface area (Å²) in [6, 6.07) is 5.81. The highest BCUT2D eigenvalue weighted by atomic mass is 32.2. The summed E-state index contributed by atoms with van der Waals surface area (Å²) in [5, 5.41) is 0. The van der Waals surface area contributed by atoms with Gasteiger partial charge in [0.15, 0.2) is 9.84 Å². The highest BCUT2D eigenvalue weighted by Gasteiger charge is 2.06. The lowest BCUT2D eigenvalue weighted by atomic mass is 10.3. The van der Waals surface area contributed by atoms with Crippen molar-refractivity contribution in [2.24, 2.45) is 4.99 Å². The molecule has 0 unspecified atom stereocenters. The third-order valence-corrected chi connectivity index (χ3v) is 2.53. The summed E-state index contributed by atoms with van der Waals surface area (Å²) in [6.07, 6.45) is 2.44. The number of hydrogen-bond acceptors (Lipinski definition) is 4. The van der Waals surface area contributed by atoms with Crippen molar-refractivity contribution >= 4 is 21.6 Å². The van der Waals surface area contributed by atoms with Gasteiger partial charge in [-0.3, -0.25) is 0 Å². The SMILES string of the molecule is CS(=O)(=O)c1cccc(N=C=O)c1. The van der Waals surface area contributed by atoms with Crippen molar-refractivity contribution < 1.29 is 13.2 Å². The van der Waals surface area contributed by atoms with Crippen molar-refractivity contribution in [2.45, 2.75) is 4.90 Å². The summed E-state index contributed by atoms with van der Waals surface area (Å²) < 4.78 is 22.1. The average molecular weight is 197 g/mol. The van der Waals surface area contributed by atoms with Gasteiger partial charge in [0, 0.05) is 6.26 Å². The topological polar surface area (TPSA) is 63.6 Å². The molecule has 5 heteroatoms. The van der Waals surface area contributed by atoms with Crippen LogP contribution in [0.3, 0.4) is 0 Å². The van der Waals surface area contributed by atoms with E-state index in [9.17, 15) is 13.2 Å². The molecule has 0 bridgehead atoms. The summed E-state index contributed by atoms with van der Waals surface area (Å²) in [5.74, 6) is 0. The van der Waals surface area contributed by atoms with Crippen LogP contribution in [0.15, 0.2) is 34.2 Å².